The minimum atomic E-state index is -1.06. The van der Waals surface area contributed by atoms with Crippen LogP contribution in [0.2, 0.25) is 0 Å². The molecule has 1 rings (SSSR count). The summed E-state index contributed by atoms with van der Waals surface area (Å²) >= 11 is 0. The average molecular weight is 281 g/mol. The van der Waals surface area contributed by atoms with E-state index < -0.39 is 5.97 Å². The Balaban J connectivity index is 2.73. The Morgan fingerprint density at radius 3 is 2.60 bits per heavy atom. The van der Waals surface area contributed by atoms with E-state index in [0.717, 1.165) is 4.90 Å². The predicted molar refractivity (Wildman–Crippen MR) is 73.0 cm³/mol. The molecule has 0 aliphatic heterocycles. The van der Waals surface area contributed by atoms with Crippen molar-refractivity contribution in [3.05, 3.63) is 29.8 Å². The molecule has 0 atom stereocenters. The Morgan fingerprint density at radius 2 is 1.95 bits per heavy atom. The summed E-state index contributed by atoms with van der Waals surface area (Å²) in [4.78, 5) is 23.9. The van der Waals surface area contributed by atoms with E-state index in [1.54, 1.807) is 24.3 Å². The summed E-state index contributed by atoms with van der Waals surface area (Å²) < 4.78 is 10.7. The summed E-state index contributed by atoms with van der Waals surface area (Å²) in [6.07, 6.45) is 0. The Morgan fingerprint density at radius 1 is 1.25 bits per heavy atom. The molecule has 110 valence electrons. The van der Waals surface area contributed by atoms with Crippen molar-refractivity contribution in [1.29, 1.82) is 0 Å². The van der Waals surface area contributed by atoms with E-state index in [-0.39, 0.29) is 12.5 Å². The van der Waals surface area contributed by atoms with Gasteiger partial charge in [-0.3, -0.25) is 9.59 Å². The van der Waals surface area contributed by atoms with Gasteiger partial charge in [0.1, 0.15) is 18.9 Å². The zero-order valence-electron chi connectivity index (χ0n) is 11.7. The van der Waals surface area contributed by atoms with Crippen LogP contribution in [0.15, 0.2) is 24.3 Å². The molecule has 0 heterocycles. The first-order valence-corrected chi connectivity index (χ1v) is 6.33. The molecule has 0 fully saturated rings. The summed E-state index contributed by atoms with van der Waals surface area (Å²) in [6, 6.07) is 6.74. The van der Waals surface area contributed by atoms with Gasteiger partial charge in [-0.25, -0.2) is 0 Å². The third kappa shape index (κ3) is 4.89. The van der Waals surface area contributed by atoms with Crippen molar-refractivity contribution < 1.29 is 24.2 Å². The van der Waals surface area contributed by atoms with Crippen molar-refractivity contribution in [3.8, 4) is 5.75 Å². The number of aliphatic carboxylic acids is 1. The Bertz CT molecular complexity index is 461. The van der Waals surface area contributed by atoms with Gasteiger partial charge in [-0.05, 0) is 19.1 Å². The number of carbonyl (C=O) groups is 2. The fourth-order valence-corrected chi connectivity index (χ4v) is 1.60. The first-order chi connectivity index (χ1) is 9.56. The maximum absolute atomic E-state index is 12.1. The van der Waals surface area contributed by atoms with Crippen LogP contribution in [0, 0.1) is 0 Å². The number of amides is 1. The van der Waals surface area contributed by atoms with Crippen molar-refractivity contribution in [2.24, 2.45) is 0 Å². The van der Waals surface area contributed by atoms with Gasteiger partial charge in [0.05, 0.1) is 12.2 Å². The summed E-state index contributed by atoms with van der Waals surface area (Å²) in [5, 5.41) is 8.71. The number of carboxylic acid groups (broad SMARTS) is 1. The maximum atomic E-state index is 12.1. The monoisotopic (exact) mass is 281 g/mol. The second-order valence-electron chi connectivity index (χ2n) is 4.10. The number of hydrogen-bond acceptors (Lipinski definition) is 4. The quantitative estimate of drug-likeness (QED) is 0.726. The fourth-order valence-electron chi connectivity index (χ4n) is 1.60. The van der Waals surface area contributed by atoms with Crippen LogP contribution in [-0.4, -0.2) is 55.3 Å². The van der Waals surface area contributed by atoms with Gasteiger partial charge in [-0.15, -0.1) is 0 Å². The van der Waals surface area contributed by atoms with E-state index in [9.17, 15) is 9.59 Å². The Hall–Kier alpha value is -2.08. The van der Waals surface area contributed by atoms with Gasteiger partial charge in [0.25, 0.3) is 5.91 Å². The van der Waals surface area contributed by atoms with E-state index in [4.69, 9.17) is 14.6 Å². The summed E-state index contributed by atoms with van der Waals surface area (Å²) in [5.74, 6) is -1.02. The molecule has 1 N–H and O–H groups in total. The minimum absolute atomic E-state index is 0.334. The molecule has 6 heteroatoms. The average Bonchev–Trinajstić information content (AvgIpc) is 2.42. The lowest BCUT2D eigenvalue weighted by molar-refractivity contribution is -0.137. The molecule has 0 saturated carbocycles. The van der Waals surface area contributed by atoms with Crippen molar-refractivity contribution in [2.75, 3.05) is 33.4 Å². The van der Waals surface area contributed by atoms with Crippen LogP contribution >= 0.6 is 0 Å². The van der Waals surface area contributed by atoms with E-state index in [1.807, 2.05) is 6.92 Å². The normalized spacial score (nSPS) is 10.1. The molecule has 0 spiro atoms. The third-order valence-corrected chi connectivity index (χ3v) is 2.53. The van der Waals surface area contributed by atoms with Crippen LogP contribution in [0.4, 0.5) is 0 Å². The maximum Gasteiger partial charge on any atom is 0.323 e. The number of rotatable bonds is 8. The molecular weight excluding hydrogens is 262 g/mol. The van der Waals surface area contributed by atoms with Gasteiger partial charge >= 0.3 is 5.97 Å². The molecule has 0 aliphatic rings. The Labute approximate surface area is 117 Å². The topological polar surface area (TPSA) is 76.1 Å². The molecule has 0 radical (unpaired) electrons. The standard InChI is InChI=1S/C14H19NO5/c1-3-19-8-9-20-12-7-5-4-6-11(12)14(18)15(2)10-13(16)17/h4-7H,3,8-10H2,1-2H3,(H,16,17). The van der Waals surface area contributed by atoms with Crippen LogP contribution in [0.25, 0.3) is 0 Å². The lowest BCUT2D eigenvalue weighted by Crippen LogP contribution is -2.32. The van der Waals surface area contributed by atoms with Gasteiger partial charge in [0.2, 0.25) is 0 Å². The highest BCUT2D eigenvalue weighted by Crippen LogP contribution is 2.19. The van der Waals surface area contributed by atoms with Gasteiger partial charge < -0.3 is 19.5 Å². The molecule has 0 aromatic heterocycles. The molecule has 0 saturated heterocycles. The molecule has 6 nitrogen and oxygen atoms in total. The molecule has 0 unspecified atom stereocenters. The van der Waals surface area contributed by atoms with Crippen LogP contribution < -0.4 is 4.74 Å². The molecule has 0 aliphatic carbocycles. The van der Waals surface area contributed by atoms with Crippen molar-refractivity contribution in [3.63, 3.8) is 0 Å². The number of carbonyl (C=O) groups excluding carboxylic acids is 1. The lowest BCUT2D eigenvalue weighted by Gasteiger charge is -2.17. The smallest absolute Gasteiger partial charge is 0.323 e. The molecule has 1 aromatic carbocycles. The molecule has 0 bridgehead atoms. The summed E-state index contributed by atoms with van der Waals surface area (Å²) in [6.45, 7) is 2.90. The number of ether oxygens (including phenoxy) is 2. The number of benzene rings is 1. The SMILES string of the molecule is CCOCCOc1ccccc1C(=O)N(C)CC(=O)O. The van der Waals surface area contributed by atoms with Crippen LogP contribution in [0.3, 0.4) is 0 Å². The van der Waals surface area contributed by atoms with E-state index in [2.05, 4.69) is 0 Å². The van der Waals surface area contributed by atoms with Crippen molar-refractivity contribution in [2.45, 2.75) is 6.92 Å². The summed E-state index contributed by atoms with van der Waals surface area (Å²) in [7, 11) is 1.44. The highest BCUT2D eigenvalue weighted by atomic mass is 16.5. The van der Waals surface area contributed by atoms with E-state index >= 15 is 0 Å². The Kier molecular flexibility index (Phi) is 6.52. The van der Waals surface area contributed by atoms with Crippen molar-refractivity contribution >= 4 is 11.9 Å². The lowest BCUT2D eigenvalue weighted by atomic mass is 10.2. The molecule has 1 aromatic rings. The fraction of sp³-hybridized carbons (Fsp3) is 0.429. The van der Waals surface area contributed by atoms with Gasteiger partial charge in [0, 0.05) is 13.7 Å². The number of likely N-dealkylation sites (N-methyl/N-ethyl adjacent to an activating group) is 1. The molecular formula is C14H19NO5. The number of carboxylic acids is 1. The number of nitrogens with zero attached hydrogens (tertiary/aromatic N) is 1. The minimum Gasteiger partial charge on any atom is -0.490 e. The zero-order chi connectivity index (χ0) is 15.0. The second kappa shape index (κ2) is 8.16. The predicted octanol–water partition coefficient (Wildman–Crippen LogP) is 1.26. The first kappa shape index (κ1) is 16.0. The van der Waals surface area contributed by atoms with Gasteiger partial charge in [-0.2, -0.15) is 0 Å². The van der Waals surface area contributed by atoms with Gasteiger partial charge in [0.15, 0.2) is 0 Å². The van der Waals surface area contributed by atoms with Crippen LogP contribution in [-0.2, 0) is 9.53 Å². The van der Waals surface area contributed by atoms with Crippen molar-refractivity contribution in [1.82, 2.24) is 4.90 Å². The van der Waals surface area contributed by atoms with Crippen LogP contribution in [0.1, 0.15) is 17.3 Å². The summed E-state index contributed by atoms with van der Waals surface area (Å²) in [5.41, 5.74) is 0.341. The highest BCUT2D eigenvalue weighted by Gasteiger charge is 2.18. The third-order valence-electron chi connectivity index (χ3n) is 2.53. The zero-order valence-corrected chi connectivity index (χ0v) is 11.7. The second-order valence-corrected chi connectivity index (χ2v) is 4.10. The van der Waals surface area contributed by atoms with E-state index in [1.165, 1.54) is 7.05 Å². The number of hydrogen-bond donors (Lipinski definition) is 1. The van der Waals surface area contributed by atoms with E-state index in [0.29, 0.717) is 31.1 Å². The van der Waals surface area contributed by atoms with Crippen LogP contribution in [0.5, 0.6) is 5.75 Å². The molecule has 20 heavy (non-hydrogen) atoms. The molecule has 1 amide bonds. The first-order valence-electron chi connectivity index (χ1n) is 6.33. The largest absolute Gasteiger partial charge is 0.490 e. The number of para-hydroxylation sites is 1. The van der Waals surface area contributed by atoms with Gasteiger partial charge in [-0.1, -0.05) is 12.1 Å². The highest BCUT2D eigenvalue weighted by molar-refractivity contribution is 5.98.